The Kier molecular flexibility index (Phi) is 4.77. The van der Waals surface area contributed by atoms with E-state index in [9.17, 15) is 26.5 Å². The molecule has 10 heteroatoms. The molecular weight excluding hydrogens is 401 g/mol. The van der Waals surface area contributed by atoms with E-state index in [1.165, 1.54) is 18.2 Å². The predicted octanol–water partition coefficient (Wildman–Crippen LogP) is 5.67. The standard InChI is InChI=1S/C16H7ClF5NO2S/c17-8-3-7(6-23)4-9(5-8)25-11-2-1-10-13(12(11)15(19)20)26(24)16(21,22)14(10)18/h1-5,14-15H/t14-,26+/m0/s1. The van der Waals surface area contributed by atoms with Gasteiger partial charge in [-0.25, -0.2) is 13.2 Å². The molecule has 0 bridgehead atoms. The van der Waals surface area contributed by atoms with Gasteiger partial charge in [0.1, 0.15) is 17.1 Å². The van der Waals surface area contributed by atoms with E-state index in [0.717, 1.165) is 12.1 Å². The molecular formula is C16H7ClF5NO2S. The third-order valence-corrected chi connectivity index (χ3v) is 5.38. The lowest BCUT2D eigenvalue weighted by Crippen LogP contribution is -2.27. The zero-order chi connectivity index (χ0) is 19.2. The number of benzene rings is 2. The number of hydrogen-bond acceptors (Lipinski definition) is 3. The first-order valence-electron chi connectivity index (χ1n) is 6.94. The van der Waals surface area contributed by atoms with Crippen LogP contribution in [0.15, 0.2) is 35.2 Å². The van der Waals surface area contributed by atoms with Crippen molar-refractivity contribution in [3.8, 4) is 17.6 Å². The minimum atomic E-state index is -4.31. The van der Waals surface area contributed by atoms with Gasteiger partial charge in [0.25, 0.3) is 6.43 Å². The van der Waals surface area contributed by atoms with E-state index in [1.54, 1.807) is 6.07 Å². The zero-order valence-corrected chi connectivity index (χ0v) is 14.1. The second-order valence-corrected chi connectivity index (χ2v) is 7.21. The Bertz CT molecular complexity index is 918. The van der Waals surface area contributed by atoms with Crippen LogP contribution < -0.4 is 4.74 Å². The number of halogens is 6. The molecule has 0 unspecified atom stereocenters. The van der Waals surface area contributed by atoms with Crippen molar-refractivity contribution in [1.82, 2.24) is 0 Å². The Hall–Kier alpha value is -2.02. The summed E-state index contributed by atoms with van der Waals surface area (Å²) < 4.78 is 85.3. The summed E-state index contributed by atoms with van der Waals surface area (Å²) in [4.78, 5) is -0.975. The van der Waals surface area contributed by atoms with Crippen molar-refractivity contribution in [3.05, 3.63) is 52.0 Å². The Labute approximate surface area is 152 Å². The van der Waals surface area contributed by atoms with Gasteiger partial charge in [-0.2, -0.15) is 14.0 Å². The third kappa shape index (κ3) is 2.98. The monoisotopic (exact) mass is 407 g/mol. The maximum atomic E-state index is 13.8. The maximum absolute atomic E-state index is 13.8. The Morgan fingerprint density at radius 3 is 2.58 bits per heavy atom. The summed E-state index contributed by atoms with van der Waals surface area (Å²) in [6.07, 6.45) is -6.30. The Balaban J connectivity index is 2.13. The minimum Gasteiger partial charge on any atom is -0.607 e. The van der Waals surface area contributed by atoms with Crippen molar-refractivity contribution in [1.29, 1.82) is 5.26 Å². The zero-order valence-electron chi connectivity index (χ0n) is 12.5. The fourth-order valence-electron chi connectivity index (χ4n) is 2.52. The topological polar surface area (TPSA) is 56.1 Å². The van der Waals surface area contributed by atoms with Crippen LogP contribution in [0.5, 0.6) is 11.5 Å². The quantitative estimate of drug-likeness (QED) is 0.487. The molecule has 0 saturated carbocycles. The molecule has 3 nitrogen and oxygen atoms in total. The molecule has 0 radical (unpaired) electrons. The molecule has 0 N–H and O–H groups in total. The van der Waals surface area contributed by atoms with E-state index < -0.39 is 50.8 Å². The molecule has 0 spiro atoms. The SMILES string of the molecule is N#Cc1cc(Cl)cc(Oc2ccc3c(c2C(F)F)[S@@+]([O-])C(F)(F)[C@H]3F)c1. The van der Waals surface area contributed by atoms with E-state index in [2.05, 4.69) is 0 Å². The summed E-state index contributed by atoms with van der Waals surface area (Å²) >= 11 is 2.50. The van der Waals surface area contributed by atoms with Gasteiger partial charge in [0.2, 0.25) is 6.17 Å². The second-order valence-electron chi connectivity index (χ2n) is 5.28. The molecule has 0 aliphatic carbocycles. The first-order chi connectivity index (χ1) is 12.2. The van der Waals surface area contributed by atoms with Crippen LogP contribution in [0.2, 0.25) is 5.02 Å². The van der Waals surface area contributed by atoms with Crippen LogP contribution in [-0.4, -0.2) is 9.81 Å². The van der Waals surface area contributed by atoms with Gasteiger partial charge in [-0.3, -0.25) is 0 Å². The van der Waals surface area contributed by atoms with E-state index in [-0.39, 0.29) is 16.3 Å². The van der Waals surface area contributed by atoms with Crippen LogP contribution in [0.4, 0.5) is 22.0 Å². The fourth-order valence-corrected chi connectivity index (χ4v) is 4.11. The molecule has 0 saturated heterocycles. The number of hydrogen-bond donors (Lipinski definition) is 0. The van der Waals surface area contributed by atoms with Gasteiger partial charge in [0, 0.05) is 5.02 Å². The summed E-state index contributed by atoms with van der Waals surface area (Å²) in [5.41, 5.74) is -1.77. The van der Waals surface area contributed by atoms with Crippen LogP contribution >= 0.6 is 11.6 Å². The third-order valence-electron chi connectivity index (χ3n) is 3.63. The van der Waals surface area contributed by atoms with Gasteiger partial charge < -0.3 is 9.29 Å². The van der Waals surface area contributed by atoms with Gasteiger partial charge in [0.15, 0.2) is 4.90 Å². The molecule has 1 heterocycles. The molecule has 2 atom stereocenters. The number of alkyl halides is 5. The molecule has 1 aliphatic rings. The first kappa shape index (κ1) is 18.8. The summed E-state index contributed by atoms with van der Waals surface area (Å²) in [5, 5.41) is 4.66. The number of nitriles is 1. The van der Waals surface area contributed by atoms with Gasteiger partial charge in [0.05, 0.1) is 28.4 Å². The van der Waals surface area contributed by atoms with Crippen molar-refractivity contribution in [2.45, 2.75) is 22.7 Å². The highest BCUT2D eigenvalue weighted by Crippen LogP contribution is 2.55. The molecule has 136 valence electrons. The molecule has 2 aromatic rings. The fraction of sp³-hybridized carbons (Fsp3) is 0.188. The number of ether oxygens (including phenoxy) is 1. The van der Waals surface area contributed by atoms with E-state index >= 15 is 0 Å². The lowest BCUT2D eigenvalue weighted by atomic mass is 10.1. The molecule has 0 amide bonds. The lowest BCUT2D eigenvalue weighted by Gasteiger charge is -2.16. The van der Waals surface area contributed by atoms with Crippen LogP contribution in [0, 0.1) is 11.3 Å². The maximum Gasteiger partial charge on any atom is 0.447 e. The lowest BCUT2D eigenvalue weighted by molar-refractivity contribution is 0.0102. The van der Waals surface area contributed by atoms with E-state index in [4.69, 9.17) is 21.6 Å². The predicted molar refractivity (Wildman–Crippen MR) is 82.8 cm³/mol. The summed E-state index contributed by atoms with van der Waals surface area (Å²) in [6, 6.07) is 7.21. The molecule has 0 aromatic heterocycles. The highest BCUT2D eigenvalue weighted by atomic mass is 35.5. The van der Waals surface area contributed by atoms with Gasteiger partial charge >= 0.3 is 5.25 Å². The molecule has 0 fully saturated rings. The van der Waals surface area contributed by atoms with E-state index in [0.29, 0.717) is 0 Å². The van der Waals surface area contributed by atoms with Crippen molar-refractivity contribution in [2.24, 2.45) is 0 Å². The van der Waals surface area contributed by atoms with Crippen molar-refractivity contribution < 1.29 is 31.2 Å². The van der Waals surface area contributed by atoms with Crippen molar-refractivity contribution >= 4 is 22.8 Å². The van der Waals surface area contributed by atoms with Crippen LogP contribution in [-0.2, 0) is 11.2 Å². The smallest absolute Gasteiger partial charge is 0.447 e. The Morgan fingerprint density at radius 1 is 1.27 bits per heavy atom. The molecule has 1 aliphatic heterocycles. The molecule has 3 rings (SSSR count). The first-order valence-corrected chi connectivity index (χ1v) is 8.46. The van der Waals surface area contributed by atoms with Gasteiger partial charge in [-0.15, -0.1) is 0 Å². The van der Waals surface area contributed by atoms with Gasteiger partial charge in [-0.05, 0) is 30.3 Å². The van der Waals surface area contributed by atoms with Crippen LogP contribution in [0.3, 0.4) is 0 Å². The molecule has 26 heavy (non-hydrogen) atoms. The van der Waals surface area contributed by atoms with E-state index in [1.807, 2.05) is 0 Å². The number of fused-ring (bicyclic) bond motifs is 1. The summed E-state index contributed by atoms with van der Waals surface area (Å²) in [5.74, 6) is -0.689. The summed E-state index contributed by atoms with van der Waals surface area (Å²) in [7, 11) is 0. The van der Waals surface area contributed by atoms with Crippen LogP contribution in [0.25, 0.3) is 0 Å². The summed E-state index contributed by atoms with van der Waals surface area (Å²) in [6.45, 7) is 0. The molecule has 2 aromatic carbocycles. The largest absolute Gasteiger partial charge is 0.607 e. The average Bonchev–Trinajstić information content (AvgIpc) is 2.74. The highest BCUT2D eigenvalue weighted by Gasteiger charge is 2.63. The average molecular weight is 408 g/mol. The Morgan fingerprint density at radius 2 is 1.96 bits per heavy atom. The van der Waals surface area contributed by atoms with Crippen molar-refractivity contribution in [2.75, 3.05) is 0 Å². The normalized spacial score (nSPS) is 20.7. The second kappa shape index (κ2) is 6.61. The minimum absolute atomic E-state index is 0.0752. The van der Waals surface area contributed by atoms with Crippen LogP contribution in [0.1, 0.15) is 29.3 Å². The van der Waals surface area contributed by atoms with Crippen molar-refractivity contribution in [3.63, 3.8) is 0 Å². The number of nitrogens with zero attached hydrogens (tertiary/aromatic N) is 1. The van der Waals surface area contributed by atoms with Gasteiger partial charge in [-0.1, -0.05) is 11.6 Å². The number of rotatable bonds is 3. The highest BCUT2D eigenvalue weighted by molar-refractivity contribution is 7.93.